The van der Waals surface area contributed by atoms with Crippen LogP contribution in [-0.4, -0.2) is 15.0 Å². The van der Waals surface area contributed by atoms with E-state index in [1.54, 1.807) is 18.5 Å². The lowest BCUT2D eigenvalue weighted by molar-refractivity contribution is 1.33. The molecule has 1 aromatic carbocycles. The average Bonchev–Trinajstić information content (AvgIpc) is 2.86. The molecule has 4 aromatic rings. The number of nitrogens with one attached hydrogen (secondary N) is 1. The van der Waals surface area contributed by atoms with Gasteiger partial charge in [0.2, 0.25) is 0 Å². The number of benzene rings is 1. The Hall–Kier alpha value is -2.10. The minimum atomic E-state index is 0.470. The molecule has 0 aliphatic carbocycles. The van der Waals surface area contributed by atoms with Gasteiger partial charge in [0, 0.05) is 39.3 Å². The van der Waals surface area contributed by atoms with Gasteiger partial charge in [-0.25, -0.2) is 4.98 Å². The normalized spacial score (nSPS) is 11.3. The van der Waals surface area contributed by atoms with Crippen LogP contribution in [0.4, 0.5) is 0 Å². The first-order chi connectivity index (χ1) is 10.2. The second-order valence-corrected chi connectivity index (χ2v) is 5.62. The lowest BCUT2D eigenvalue weighted by Gasteiger charge is -2.05. The molecule has 4 rings (SSSR count). The fraction of sp³-hybridized carbons (Fsp3) is 0. The van der Waals surface area contributed by atoms with Gasteiger partial charge >= 0.3 is 0 Å². The summed E-state index contributed by atoms with van der Waals surface area (Å²) in [5, 5.41) is 3.33. The first kappa shape index (κ1) is 12.6. The zero-order chi connectivity index (χ0) is 14.4. The van der Waals surface area contributed by atoms with Crippen molar-refractivity contribution in [2.24, 2.45) is 0 Å². The predicted molar refractivity (Wildman–Crippen MR) is 86.9 cm³/mol. The fourth-order valence-corrected chi connectivity index (χ4v) is 2.91. The molecule has 0 spiro atoms. The molecule has 3 aromatic heterocycles. The lowest BCUT2D eigenvalue weighted by atomic mass is 10.0. The van der Waals surface area contributed by atoms with E-state index in [1.807, 2.05) is 30.5 Å². The van der Waals surface area contributed by atoms with Crippen LogP contribution in [0.15, 0.2) is 48.9 Å². The smallest absolute Gasteiger partial charge is 0.129 e. The molecule has 1 N–H and O–H groups in total. The largest absolute Gasteiger partial charge is 0.353 e. The Morgan fingerprint density at radius 2 is 1.86 bits per heavy atom. The summed E-state index contributed by atoms with van der Waals surface area (Å²) < 4.78 is 0. The number of fused-ring (bicyclic) bond motifs is 3. The fourth-order valence-electron chi connectivity index (χ4n) is 2.58. The zero-order valence-electron chi connectivity index (χ0n) is 10.8. The van der Waals surface area contributed by atoms with Crippen molar-refractivity contribution in [3.05, 3.63) is 59.1 Å². The molecule has 0 saturated heterocycles. The van der Waals surface area contributed by atoms with Crippen molar-refractivity contribution in [3.63, 3.8) is 0 Å². The van der Waals surface area contributed by atoms with Crippen molar-refractivity contribution < 1.29 is 0 Å². The molecule has 3 nitrogen and oxygen atoms in total. The van der Waals surface area contributed by atoms with E-state index in [4.69, 9.17) is 23.2 Å². The van der Waals surface area contributed by atoms with Crippen molar-refractivity contribution in [2.75, 3.05) is 0 Å². The summed E-state index contributed by atoms with van der Waals surface area (Å²) in [5.74, 6) is 0. The Kier molecular flexibility index (Phi) is 2.84. The van der Waals surface area contributed by atoms with Crippen LogP contribution in [0.5, 0.6) is 0 Å². The topological polar surface area (TPSA) is 41.6 Å². The first-order valence-corrected chi connectivity index (χ1v) is 7.15. The highest BCUT2D eigenvalue weighted by atomic mass is 35.5. The Labute approximate surface area is 130 Å². The first-order valence-electron chi connectivity index (χ1n) is 6.39. The highest BCUT2D eigenvalue weighted by Crippen LogP contribution is 2.35. The lowest BCUT2D eigenvalue weighted by Crippen LogP contribution is -1.83. The maximum absolute atomic E-state index is 6.29. The van der Waals surface area contributed by atoms with Gasteiger partial charge in [-0.05, 0) is 30.3 Å². The Bertz CT molecular complexity index is 959. The van der Waals surface area contributed by atoms with Gasteiger partial charge in [0.1, 0.15) is 5.15 Å². The van der Waals surface area contributed by atoms with Crippen LogP contribution in [0.2, 0.25) is 10.2 Å². The van der Waals surface area contributed by atoms with Crippen molar-refractivity contribution >= 4 is 45.0 Å². The van der Waals surface area contributed by atoms with E-state index in [9.17, 15) is 0 Å². The molecule has 0 radical (unpaired) electrons. The number of H-pyrrole nitrogens is 1. The number of halogens is 2. The summed E-state index contributed by atoms with van der Waals surface area (Å²) in [4.78, 5) is 11.7. The maximum Gasteiger partial charge on any atom is 0.129 e. The molecule has 0 aliphatic heterocycles. The quantitative estimate of drug-likeness (QED) is 0.497. The summed E-state index contributed by atoms with van der Waals surface area (Å²) >= 11 is 12.1. The molecule has 21 heavy (non-hydrogen) atoms. The molecular weight excluding hydrogens is 305 g/mol. The number of rotatable bonds is 1. The Morgan fingerprint density at radius 3 is 2.67 bits per heavy atom. The molecule has 0 fully saturated rings. The van der Waals surface area contributed by atoms with E-state index in [1.165, 1.54) is 0 Å². The van der Waals surface area contributed by atoms with Gasteiger partial charge in [0.15, 0.2) is 0 Å². The van der Waals surface area contributed by atoms with E-state index in [0.29, 0.717) is 10.2 Å². The minimum Gasteiger partial charge on any atom is -0.353 e. The Morgan fingerprint density at radius 1 is 0.952 bits per heavy atom. The van der Waals surface area contributed by atoms with Gasteiger partial charge in [-0.3, -0.25) is 4.98 Å². The third-order valence-electron chi connectivity index (χ3n) is 3.51. The second kappa shape index (κ2) is 4.72. The number of hydrogen-bond acceptors (Lipinski definition) is 2. The van der Waals surface area contributed by atoms with Gasteiger partial charge in [0.25, 0.3) is 0 Å². The molecule has 5 heteroatoms. The third kappa shape index (κ3) is 2.06. The van der Waals surface area contributed by atoms with Crippen molar-refractivity contribution in [2.45, 2.75) is 0 Å². The van der Waals surface area contributed by atoms with Crippen LogP contribution in [-0.2, 0) is 0 Å². The molecule has 0 unspecified atom stereocenters. The molecule has 0 bridgehead atoms. The molecule has 0 amide bonds. The standard InChI is InChI=1S/C16H9Cl2N3/c17-10-5-12(9-1-2-15(18)20-7-9)16-13(6-10)11-3-4-19-8-14(11)21-16/h1-8,21H. The van der Waals surface area contributed by atoms with Crippen LogP contribution < -0.4 is 0 Å². The second-order valence-electron chi connectivity index (χ2n) is 4.79. The van der Waals surface area contributed by atoms with E-state index in [-0.39, 0.29) is 0 Å². The van der Waals surface area contributed by atoms with Crippen LogP contribution in [0.1, 0.15) is 0 Å². The van der Waals surface area contributed by atoms with Crippen molar-refractivity contribution in [1.82, 2.24) is 15.0 Å². The third-order valence-corrected chi connectivity index (χ3v) is 3.95. The number of nitrogens with zero attached hydrogens (tertiary/aromatic N) is 2. The molecule has 0 atom stereocenters. The minimum absolute atomic E-state index is 0.470. The summed E-state index contributed by atoms with van der Waals surface area (Å²) in [6, 6.07) is 9.58. The highest BCUT2D eigenvalue weighted by Gasteiger charge is 2.11. The van der Waals surface area contributed by atoms with E-state index in [2.05, 4.69) is 15.0 Å². The predicted octanol–water partition coefficient (Wildman–Crippen LogP) is 5.08. The van der Waals surface area contributed by atoms with Crippen LogP contribution in [0.3, 0.4) is 0 Å². The molecule has 3 heterocycles. The van der Waals surface area contributed by atoms with Crippen LogP contribution in [0, 0.1) is 0 Å². The van der Waals surface area contributed by atoms with Crippen LogP contribution >= 0.6 is 23.2 Å². The summed E-state index contributed by atoms with van der Waals surface area (Å²) in [6.45, 7) is 0. The Balaban J connectivity index is 2.10. The zero-order valence-corrected chi connectivity index (χ0v) is 12.3. The SMILES string of the molecule is Clc1cc(-c2ccc(Cl)nc2)c2[nH]c3cnccc3c2c1. The average molecular weight is 314 g/mol. The summed E-state index contributed by atoms with van der Waals surface area (Å²) in [7, 11) is 0. The molecular formula is C16H9Cl2N3. The monoisotopic (exact) mass is 313 g/mol. The maximum atomic E-state index is 6.29. The molecule has 0 saturated carbocycles. The van der Waals surface area contributed by atoms with Gasteiger partial charge in [-0.15, -0.1) is 0 Å². The number of pyridine rings is 2. The van der Waals surface area contributed by atoms with Crippen LogP contribution in [0.25, 0.3) is 32.9 Å². The summed E-state index contributed by atoms with van der Waals surface area (Å²) in [5.41, 5.74) is 3.97. The summed E-state index contributed by atoms with van der Waals surface area (Å²) in [6.07, 6.45) is 5.34. The number of hydrogen-bond donors (Lipinski definition) is 1. The molecule has 102 valence electrons. The van der Waals surface area contributed by atoms with E-state index < -0.39 is 0 Å². The van der Waals surface area contributed by atoms with E-state index in [0.717, 1.165) is 32.9 Å². The van der Waals surface area contributed by atoms with Gasteiger partial charge in [-0.1, -0.05) is 23.2 Å². The van der Waals surface area contributed by atoms with Gasteiger partial charge in [0.05, 0.1) is 17.2 Å². The number of aromatic amines is 1. The number of aromatic nitrogens is 3. The van der Waals surface area contributed by atoms with E-state index >= 15 is 0 Å². The molecule has 0 aliphatic rings. The van der Waals surface area contributed by atoms with Gasteiger partial charge < -0.3 is 4.98 Å². The van der Waals surface area contributed by atoms with Crippen molar-refractivity contribution in [1.29, 1.82) is 0 Å². The highest BCUT2D eigenvalue weighted by molar-refractivity contribution is 6.32. The van der Waals surface area contributed by atoms with Crippen molar-refractivity contribution in [3.8, 4) is 11.1 Å². The van der Waals surface area contributed by atoms with Gasteiger partial charge in [-0.2, -0.15) is 0 Å².